The Morgan fingerprint density at radius 1 is 1.26 bits per heavy atom. The molecule has 5 nitrogen and oxygen atoms in total. The van der Waals surface area contributed by atoms with E-state index in [4.69, 9.17) is 9.73 Å². The lowest BCUT2D eigenvalue weighted by molar-refractivity contribution is -0.110. The predicted molar refractivity (Wildman–Crippen MR) is 106 cm³/mol. The molecule has 3 aliphatic rings. The monoisotopic (exact) mass is 363 g/mol. The minimum atomic E-state index is -0.494. The third-order valence-corrected chi connectivity index (χ3v) is 5.47. The molecule has 2 atom stereocenters. The van der Waals surface area contributed by atoms with Crippen LogP contribution in [0.15, 0.2) is 71.0 Å². The summed E-state index contributed by atoms with van der Waals surface area (Å²) >= 11 is 0. The van der Waals surface area contributed by atoms with Crippen LogP contribution in [0, 0.1) is 0 Å². The molecule has 140 valence electrons. The van der Waals surface area contributed by atoms with Gasteiger partial charge in [-0.15, -0.1) is 0 Å². The number of hydrogen-bond donors (Lipinski definition) is 1. The molecule has 1 fully saturated rings. The van der Waals surface area contributed by atoms with Gasteiger partial charge in [-0.1, -0.05) is 50.1 Å². The van der Waals surface area contributed by atoms with Crippen LogP contribution < -0.4 is 5.32 Å². The molecule has 1 saturated heterocycles. The number of nitrogens with zero attached hydrogens (tertiary/aromatic N) is 2. The topological polar surface area (TPSA) is 53.9 Å². The zero-order valence-electron chi connectivity index (χ0n) is 15.8. The summed E-state index contributed by atoms with van der Waals surface area (Å²) in [5.74, 6) is 0.504. The first-order chi connectivity index (χ1) is 13.1. The summed E-state index contributed by atoms with van der Waals surface area (Å²) in [7, 11) is 2.09. The third-order valence-electron chi connectivity index (χ3n) is 5.47. The molecule has 1 aromatic rings. The Hall–Kier alpha value is -2.66. The van der Waals surface area contributed by atoms with Crippen molar-refractivity contribution in [1.29, 1.82) is 0 Å². The van der Waals surface area contributed by atoms with Gasteiger partial charge >= 0.3 is 0 Å². The highest BCUT2D eigenvalue weighted by Crippen LogP contribution is 2.43. The normalized spacial score (nSPS) is 26.5. The van der Waals surface area contributed by atoms with E-state index in [9.17, 15) is 4.79 Å². The first-order valence-corrected chi connectivity index (χ1v) is 9.56. The number of carbonyl (C=O) groups excluding carboxylic acids is 1. The average molecular weight is 363 g/mol. The highest BCUT2D eigenvalue weighted by molar-refractivity contribution is 6.04. The number of rotatable bonds is 5. The zero-order chi connectivity index (χ0) is 18.9. The minimum Gasteiger partial charge on any atom is -0.473 e. The standard InChI is InChI=1S/C22H25N3O2/c1-3-4-10-20-23-18-13-17(26)14-19-22(18,25(20)2)12-11-21(24-19)27-15-16-8-6-5-7-9-16/h5-9,11-14,20,23H,3-4,10,15H2,1-2H3. The van der Waals surface area contributed by atoms with Crippen molar-refractivity contribution in [3.63, 3.8) is 0 Å². The lowest BCUT2D eigenvalue weighted by atomic mass is 9.84. The number of likely N-dealkylation sites (N-methyl/N-ethyl adjacent to an activating group) is 1. The van der Waals surface area contributed by atoms with Crippen LogP contribution in [-0.2, 0) is 16.1 Å². The second kappa shape index (κ2) is 7.16. The summed E-state index contributed by atoms with van der Waals surface area (Å²) < 4.78 is 5.88. The number of benzene rings is 1. The second-order valence-corrected chi connectivity index (χ2v) is 7.23. The largest absolute Gasteiger partial charge is 0.473 e. The van der Waals surface area contributed by atoms with E-state index < -0.39 is 5.54 Å². The van der Waals surface area contributed by atoms with Gasteiger partial charge in [-0.05, 0) is 31.2 Å². The molecular weight excluding hydrogens is 338 g/mol. The summed E-state index contributed by atoms with van der Waals surface area (Å²) in [5, 5.41) is 3.53. The lowest BCUT2D eigenvalue weighted by Crippen LogP contribution is -2.48. The minimum absolute atomic E-state index is 0.0332. The van der Waals surface area contributed by atoms with Gasteiger partial charge in [0, 0.05) is 17.8 Å². The van der Waals surface area contributed by atoms with E-state index in [1.165, 1.54) is 0 Å². The summed E-state index contributed by atoms with van der Waals surface area (Å²) in [4.78, 5) is 19.2. The van der Waals surface area contributed by atoms with Gasteiger partial charge in [-0.25, -0.2) is 4.99 Å². The van der Waals surface area contributed by atoms with E-state index in [2.05, 4.69) is 30.3 Å². The first kappa shape index (κ1) is 17.7. The number of hydrogen-bond acceptors (Lipinski definition) is 5. The predicted octanol–water partition coefficient (Wildman–Crippen LogP) is 3.31. The first-order valence-electron chi connectivity index (χ1n) is 9.56. The van der Waals surface area contributed by atoms with Gasteiger partial charge in [0.05, 0.1) is 11.9 Å². The number of ether oxygens (including phenoxy) is 1. The van der Waals surface area contributed by atoms with Crippen molar-refractivity contribution in [3.05, 3.63) is 71.6 Å². The maximum Gasteiger partial charge on any atom is 0.213 e. The number of dihydropyridines is 1. The SMILES string of the molecule is CCCCC1NC2=CC(=O)C=C3N=C(OCc4ccccc4)C=CC32N1C. The molecule has 2 aliphatic heterocycles. The molecule has 4 rings (SSSR count). The third kappa shape index (κ3) is 3.12. The van der Waals surface area contributed by atoms with Gasteiger partial charge in [0.2, 0.25) is 5.90 Å². The Kier molecular flexibility index (Phi) is 4.70. The van der Waals surface area contributed by atoms with Gasteiger partial charge < -0.3 is 10.1 Å². The summed E-state index contributed by atoms with van der Waals surface area (Å²) in [6.07, 6.45) is 10.8. The van der Waals surface area contributed by atoms with E-state index in [1.54, 1.807) is 12.2 Å². The van der Waals surface area contributed by atoms with Gasteiger partial charge in [0.15, 0.2) is 5.78 Å². The maximum atomic E-state index is 12.2. The molecule has 1 aliphatic carbocycles. The maximum absolute atomic E-state index is 12.2. The number of nitrogens with one attached hydrogen (secondary N) is 1. The lowest BCUT2D eigenvalue weighted by Gasteiger charge is -2.38. The fourth-order valence-corrected chi connectivity index (χ4v) is 3.95. The number of unbranched alkanes of at least 4 members (excludes halogenated alkanes) is 1. The quantitative estimate of drug-likeness (QED) is 0.872. The van der Waals surface area contributed by atoms with Crippen LogP contribution in [0.3, 0.4) is 0 Å². The molecule has 0 amide bonds. The van der Waals surface area contributed by atoms with Crippen molar-refractivity contribution in [1.82, 2.24) is 10.2 Å². The van der Waals surface area contributed by atoms with E-state index in [-0.39, 0.29) is 11.9 Å². The summed E-state index contributed by atoms with van der Waals surface area (Å²) in [5.41, 5.74) is 2.23. The van der Waals surface area contributed by atoms with Crippen molar-refractivity contribution in [3.8, 4) is 0 Å². The Balaban J connectivity index is 1.57. The fraction of sp³-hybridized carbons (Fsp3) is 0.364. The van der Waals surface area contributed by atoms with Gasteiger partial charge in [0.1, 0.15) is 12.1 Å². The molecule has 5 heteroatoms. The molecule has 0 radical (unpaired) electrons. The molecule has 1 aromatic carbocycles. The van der Waals surface area contributed by atoms with Crippen molar-refractivity contribution in [2.24, 2.45) is 4.99 Å². The Labute approximate surface area is 160 Å². The van der Waals surface area contributed by atoms with E-state index in [0.717, 1.165) is 36.2 Å². The van der Waals surface area contributed by atoms with Crippen molar-refractivity contribution in [2.75, 3.05) is 7.05 Å². The van der Waals surface area contributed by atoms with Crippen LogP contribution in [0.25, 0.3) is 0 Å². The molecular formula is C22H25N3O2. The van der Waals surface area contributed by atoms with Crippen LogP contribution in [0.4, 0.5) is 0 Å². The summed E-state index contributed by atoms with van der Waals surface area (Å²) in [6, 6.07) is 10.00. The van der Waals surface area contributed by atoms with Gasteiger partial charge in [-0.2, -0.15) is 0 Å². The molecule has 0 saturated carbocycles. The van der Waals surface area contributed by atoms with E-state index in [1.807, 2.05) is 36.4 Å². The Morgan fingerprint density at radius 2 is 2.07 bits per heavy atom. The van der Waals surface area contributed by atoms with E-state index in [0.29, 0.717) is 12.5 Å². The number of aliphatic imine (C=N–C) groups is 1. The Bertz CT molecular complexity index is 854. The fourth-order valence-electron chi connectivity index (χ4n) is 3.95. The molecule has 0 bridgehead atoms. The van der Waals surface area contributed by atoms with Crippen LogP contribution in [-0.4, -0.2) is 35.3 Å². The molecule has 27 heavy (non-hydrogen) atoms. The van der Waals surface area contributed by atoms with Gasteiger partial charge in [-0.3, -0.25) is 9.69 Å². The van der Waals surface area contributed by atoms with Crippen molar-refractivity contribution in [2.45, 2.75) is 44.5 Å². The highest BCUT2D eigenvalue weighted by Gasteiger charge is 2.52. The second-order valence-electron chi connectivity index (χ2n) is 7.23. The van der Waals surface area contributed by atoms with Crippen molar-refractivity contribution >= 4 is 11.7 Å². The zero-order valence-corrected chi connectivity index (χ0v) is 15.8. The number of allylic oxidation sites excluding steroid dienone is 2. The Morgan fingerprint density at radius 3 is 2.85 bits per heavy atom. The number of ketones is 1. The average Bonchev–Trinajstić information content (AvgIpc) is 2.95. The van der Waals surface area contributed by atoms with Crippen molar-refractivity contribution < 1.29 is 9.53 Å². The number of carbonyl (C=O) groups is 1. The summed E-state index contributed by atoms with van der Waals surface area (Å²) in [6.45, 7) is 2.64. The molecule has 0 aromatic heterocycles. The van der Waals surface area contributed by atoms with Crippen LogP contribution in [0.2, 0.25) is 0 Å². The molecule has 2 heterocycles. The smallest absolute Gasteiger partial charge is 0.213 e. The van der Waals surface area contributed by atoms with E-state index >= 15 is 0 Å². The van der Waals surface area contributed by atoms with Gasteiger partial charge in [0.25, 0.3) is 0 Å². The highest BCUT2D eigenvalue weighted by atomic mass is 16.5. The molecule has 1 spiro atoms. The van der Waals surface area contributed by atoms with Crippen LogP contribution in [0.1, 0.15) is 31.7 Å². The van der Waals surface area contributed by atoms with Crippen LogP contribution in [0.5, 0.6) is 0 Å². The molecule has 1 N–H and O–H groups in total. The molecule has 2 unspecified atom stereocenters. The van der Waals surface area contributed by atoms with Crippen LogP contribution >= 0.6 is 0 Å².